The van der Waals surface area contributed by atoms with Crippen molar-refractivity contribution in [1.82, 2.24) is 5.32 Å². The molecule has 0 bridgehead atoms. The van der Waals surface area contributed by atoms with E-state index < -0.39 is 6.10 Å². The molecule has 3 nitrogen and oxygen atoms in total. The largest absolute Gasteiger partial charge is 0.391 e. The first kappa shape index (κ1) is 13.6. The molecule has 0 spiro atoms. The molecule has 2 N–H and O–H groups in total. The van der Waals surface area contributed by atoms with Crippen LogP contribution in [0.4, 0.5) is 0 Å². The van der Waals surface area contributed by atoms with Gasteiger partial charge in [-0.25, -0.2) is 0 Å². The number of hydrogen-bond acceptors (Lipinski definition) is 2. The smallest absolute Gasteiger partial charge is 0.251 e. The summed E-state index contributed by atoms with van der Waals surface area (Å²) < 4.78 is 0.900. The van der Waals surface area contributed by atoms with Gasteiger partial charge in [-0.2, -0.15) is 0 Å². The van der Waals surface area contributed by atoms with Crippen molar-refractivity contribution in [2.45, 2.75) is 44.8 Å². The molecule has 1 amide bonds. The molecule has 0 heterocycles. The topological polar surface area (TPSA) is 49.3 Å². The van der Waals surface area contributed by atoms with E-state index in [0.717, 1.165) is 35.7 Å². The summed E-state index contributed by atoms with van der Waals surface area (Å²) in [4.78, 5) is 12.1. The van der Waals surface area contributed by atoms with Crippen LogP contribution in [0.5, 0.6) is 0 Å². The molecule has 0 aliphatic heterocycles. The van der Waals surface area contributed by atoms with Gasteiger partial charge in [0.25, 0.3) is 5.91 Å². The Morgan fingerprint density at radius 3 is 2.72 bits per heavy atom. The summed E-state index contributed by atoms with van der Waals surface area (Å²) in [7, 11) is 0. The predicted octanol–water partition coefficient (Wildman–Crippen LogP) is 2.79. The van der Waals surface area contributed by atoms with Crippen molar-refractivity contribution in [3.8, 4) is 0 Å². The van der Waals surface area contributed by atoms with Crippen LogP contribution in [-0.2, 0) is 0 Å². The second kappa shape index (κ2) is 5.85. The molecule has 1 aromatic rings. The first-order chi connectivity index (χ1) is 8.56. The van der Waals surface area contributed by atoms with E-state index in [1.807, 2.05) is 19.1 Å². The van der Waals surface area contributed by atoms with Crippen LogP contribution in [0.1, 0.15) is 41.6 Å². The molecule has 1 fully saturated rings. The number of aliphatic hydroxyl groups excluding tert-OH is 1. The second-order valence-corrected chi connectivity index (χ2v) is 5.86. The molecule has 0 saturated heterocycles. The fourth-order valence-electron chi connectivity index (χ4n) is 2.40. The number of nitrogens with one attached hydrogen (secondary N) is 1. The van der Waals surface area contributed by atoms with E-state index in [-0.39, 0.29) is 11.9 Å². The van der Waals surface area contributed by atoms with Crippen LogP contribution in [0.15, 0.2) is 22.7 Å². The number of aryl methyl sites for hydroxylation is 1. The molecule has 1 saturated carbocycles. The monoisotopic (exact) mass is 311 g/mol. The fourth-order valence-corrected chi connectivity index (χ4v) is 3.01. The molecular weight excluding hydrogens is 294 g/mol. The molecule has 1 aliphatic carbocycles. The molecule has 98 valence electrons. The fraction of sp³-hybridized carbons (Fsp3) is 0.500. The van der Waals surface area contributed by atoms with Crippen molar-refractivity contribution < 1.29 is 9.90 Å². The summed E-state index contributed by atoms with van der Waals surface area (Å²) >= 11 is 3.39. The summed E-state index contributed by atoms with van der Waals surface area (Å²) in [5.41, 5.74) is 1.68. The van der Waals surface area contributed by atoms with Crippen molar-refractivity contribution in [2.75, 3.05) is 0 Å². The van der Waals surface area contributed by atoms with E-state index >= 15 is 0 Å². The zero-order valence-electron chi connectivity index (χ0n) is 10.4. The number of benzene rings is 1. The minimum absolute atomic E-state index is 0.106. The van der Waals surface area contributed by atoms with Crippen molar-refractivity contribution in [2.24, 2.45) is 0 Å². The zero-order chi connectivity index (χ0) is 13.1. The number of carbonyl (C=O) groups excluding carboxylic acids is 1. The Morgan fingerprint density at radius 1 is 1.33 bits per heavy atom. The molecule has 0 aromatic heterocycles. The maximum Gasteiger partial charge on any atom is 0.251 e. The zero-order valence-corrected chi connectivity index (χ0v) is 12.0. The summed E-state index contributed by atoms with van der Waals surface area (Å²) in [5.74, 6) is -0.106. The van der Waals surface area contributed by atoms with E-state index in [4.69, 9.17) is 0 Å². The molecule has 18 heavy (non-hydrogen) atoms. The molecule has 2 rings (SSSR count). The van der Waals surface area contributed by atoms with E-state index in [1.165, 1.54) is 0 Å². The van der Waals surface area contributed by atoms with Gasteiger partial charge in [-0.1, -0.05) is 28.8 Å². The van der Waals surface area contributed by atoms with Gasteiger partial charge >= 0.3 is 0 Å². The molecule has 2 atom stereocenters. The van der Waals surface area contributed by atoms with Crippen LogP contribution in [-0.4, -0.2) is 23.2 Å². The average Bonchev–Trinajstić information content (AvgIpc) is 2.31. The minimum Gasteiger partial charge on any atom is -0.391 e. The summed E-state index contributed by atoms with van der Waals surface area (Å²) in [6.45, 7) is 1.96. The lowest BCUT2D eigenvalue weighted by Crippen LogP contribution is -2.45. The molecule has 4 heteroatoms. The van der Waals surface area contributed by atoms with Crippen LogP contribution in [0.3, 0.4) is 0 Å². The Bertz CT molecular complexity index is 427. The second-order valence-electron chi connectivity index (χ2n) is 4.95. The van der Waals surface area contributed by atoms with Gasteiger partial charge in [-0.15, -0.1) is 0 Å². The third-order valence-corrected chi connectivity index (χ3v) is 3.81. The number of halogens is 1. The molecule has 1 aliphatic rings. The summed E-state index contributed by atoms with van der Waals surface area (Å²) in [6, 6.07) is 5.52. The van der Waals surface area contributed by atoms with Crippen LogP contribution in [0, 0.1) is 6.92 Å². The van der Waals surface area contributed by atoms with Gasteiger partial charge < -0.3 is 10.4 Å². The standard InChI is InChI=1S/C14H18BrNO2/c1-9-6-10(8-11(15)7-9)14(18)16-12-4-2-3-5-13(12)17/h6-8,12-13,17H,2-5H2,1H3,(H,16,18)/t12-,13-/m0/s1. The maximum absolute atomic E-state index is 12.1. The number of rotatable bonds is 2. The van der Waals surface area contributed by atoms with Gasteiger partial charge in [0.05, 0.1) is 12.1 Å². The minimum atomic E-state index is -0.407. The Balaban J connectivity index is 2.06. The Labute approximate surface area is 116 Å². The summed E-state index contributed by atoms with van der Waals surface area (Å²) in [6.07, 6.45) is 3.35. The van der Waals surface area contributed by atoms with Crippen molar-refractivity contribution >= 4 is 21.8 Å². The van der Waals surface area contributed by atoms with Crippen LogP contribution >= 0.6 is 15.9 Å². The van der Waals surface area contributed by atoms with Gasteiger partial charge in [-0.05, 0) is 43.5 Å². The molecule has 1 aromatic carbocycles. The first-order valence-electron chi connectivity index (χ1n) is 6.32. The lowest BCUT2D eigenvalue weighted by atomic mass is 9.92. The molecule has 0 radical (unpaired) electrons. The van der Waals surface area contributed by atoms with E-state index in [2.05, 4.69) is 21.2 Å². The quantitative estimate of drug-likeness (QED) is 0.882. The van der Waals surface area contributed by atoms with Gasteiger partial charge in [-0.3, -0.25) is 4.79 Å². The van der Waals surface area contributed by atoms with Crippen molar-refractivity contribution in [1.29, 1.82) is 0 Å². The van der Waals surface area contributed by atoms with Gasteiger partial charge in [0.2, 0.25) is 0 Å². The molecular formula is C14H18BrNO2. The Kier molecular flexibility index (Phi) is 4.40. The Hall–Kier alpha value is -0.870. The van der Waals surface area contributed by atoms with E-state index in [9.17, 15) is 9.90 Å². The third-order valence-electron chi connectivity index (χ3n) is 3.35. The predicted molar refractivity (Wildman–Crippen MR) is 74.6 cm³/mol. The van der Waals surface area contributed by atoms with Crippen molar-refractivity contribution in [3.05, 3.63) is 33.8 Å². The first-order valence-corrected chi connectivity index (χ1v) is 7.11. The van der Waals surface area contributed by atoms with E-state index in [1.54, 1.807) is 6.07 Å². The lowest BCUT2D eigenvalue weighted by Gasteiger charge is -2.28. The highest BCUT2D eigenvalue weighted by atomic mass is 79.9. The van der Waals surface area contributed by atoms with Gasteiger partial charge in [0, 0.05) is 10.0 Å². The van der Waals surface area contributed by atoms with Gasteiger partial charge in [0.1, 0.15) is 0 Å². The highest BCUT2D eigenvalue weighted by Gasteiger charge is 2.24. The van der Waals surface area contributed by atoms with Crippen LogP contribution < -0.4 is 5.32 Å². The number of hydrogen-bond donors (Lipinski definition) is 2. The Morgan fingerprint density at radius 2 is 2.06 bits per heavy atom. The van der Waals surface area contributed by atoms with E-state index in [0.29, 0.717) is 5.56 Å². The van der Waals surface area contributed by atoms with Crippen LogP contribution in [0.2, 0.25) is 0 Å². The van der Waals surface area contributed by atoms with Crippen molar-refractivity contribution in [3.63, 3.8) is 0 Å². The van der Waals surface area contributed by atoms with Gasteiger partial charge in [0.15, 0.2) is 0 Å². The highest BCUT2D eigenvalue weighted by Crippen LogP contribution is 2.20. The highest BCUT2D eigenvalue weighted by molar-refractivity contribution is 9.10. The number of amides is 1. The number of carbonyl (C=O) groups is 1. The average molecular weight is 312 g/mol. The third kappa shape index (κ3) is 3.33. The normalized spacial score (nSPS) is 23.7. The van der Waals surface area contributed by atoms with Crippen LogP contribution in [0.25, 0.3) is 0 Å². The molecule has 0 unspecified atom stereocenters. The maximum atomic E-state index is 12.1. The SMILES string of the molecule is Cc1cc(Br)cc(C(=O)N[C@H]2CCCC[C@@H]2O)c1. The lowest BCUT2D eigenvalue weighted by molar-refractivity contribution is 0.0717. The number of aliphatic hydroxyl groups is 1. The summed E-state index contributed by atoms with van der Waals surface area (Å²) in [5, 5.41) is 12.8.